The van der Waals surface area contributed by atoms with E-state index in [0.29, 0.717) is 18.6 Å². The quantitative estimate of drug-likeness (QED) is 0.564. The van der Waals surface area contributed by atoms with Crippen molar-refractivity contribution < 1.29 is 5.11 Å². The summed E-state index contributed by atoms with van der Waals surface area (Å²) < 4.78 is 0. The minimum absolute atomic E-state index is 0.351. The van der Waals surface area contributed by atoms with Gasteiger partial charge in [0.2, 0.25) is 0 Å². The van der Waals surface area contributed by atoms with Crippen molar-refractivity contribution in [1.82, 2.24) is 5.32 Å². The molecule has 0 radical (unpaired) electrons. The summed E-state index contributed by atoms with van der Waals surface area (Å²) in [5, 5.41) is 12.1. The molecule has 54 valence electrons. The molecule has 0 aromatic heterocycles. The van der Waals surface area contributed by atoms with Crippen LogP contribution in [0.15, 0.2) is 0 Å². The number of aliphatic hydroxyl groups is 1. The molecule has 1 heterocycles. The van der Waals surface area contributed by atoms with E-state index in [1.165, 1.54) is 6.42 Å². The first-order chi connectivity index (χ1) is 4.36. The zero-order chi connectivity index (χ0) is 6.69. The number of aliphatic hydroxyl groups excluding tert-OH is 1. The Balaban J connectivity index is 2.20. The van der Waals surface area contributed by atoms with Crippen molar-refractivity contribution in [1.29, 1.82) is 0 Å². The fraction of sp³-hybridized carbons (Fsp3) is 1.00. The van der Waals surface area contributed by atoms with Crippen molar-refractivity contribution in [3.63, 3.8) is 0 Å². The average molecular weight is 129 g/mol. The van der Waals surface area contributed by atoms with Gasteiger partial charge in [0.1, 0.15) is 0 Å². The Hall–Kier alpha value is -0.0800. The van der Waals surface area contributed by atoms with E-state index in [9.17, 15) is 0 Å². The molecule has 0 aromatic carbocycles. The van der Waals surface area contributed by atoms with Gasteiger partial charge in [-0.05, 0) is 18.8 Å². The molecule has 2 nitrogen and oxygen atoms in total. The summed E-state index contributed by atoms with van der Waals surface area (Å²) in [6, 6.07) is 0.669. The molecule has 0 saturated carbocycles. The average Bonchev–Trinajstić information content (AvgIpc) is 2.34. The van der Waals surface area contributed by atoms with Crippen molar-refractivity contribution in [3.8, 4) is 0 Å². The van der Waals surface area contributed by atoms with E-state index < -0.39 is 0 Å². The smallest absolute Gasteiger partial charge is 0.0471 e. The standard InChI is InChI=1S/C7H15NO/c1-2-7-3-6(5-9)4-8-7/h6-9H,2-5H2,1H3. The first kappa shape index (κ1) is 7.03. The Labute approximate surface area is 56.3 Å². The van der Waals surface area contributed by atoms with Crippen molar-refractivity contribution in [2.24, 2.45) is 5.92 Å². The fourth-order valence-electron chi connectivity index (χ4n) is 1.35. The van der Waals surface area contributed by atoms with Crippen LogP contribution in [0.5, 0.6) is 0 Å². The molecule has 1 aliphatic heterocycles. The molecule has 9 heavy (non-hydrogen) atoms. The molecule has 1 aliphatic rings. The molecule has 1 rings (SSSR count). The first-order valence-electron chi connectivity index (χ1n) is 3.71. The maximum absolute atomic E-state index is 8.74. The fourth-order valence-corrected chi connectivity index (χ4v) is 1.35. The van der Waals surface area contributed by atoms with Crippen LogP contribution < -0.4 is 5.32 Å². The van der Waals surface area contributed by atoms with E-state index in [1.54, 1.807) is 0 Å². The molecule has 0 spiro atoms. The van der Waals surface area contributed by atoms with Crippen LogP contribution in [0, 0.1) is 5.92 Å². The third-order valence-electron chi connectivity index (χ3n) is 2.06. The second-order valence-corrected chi connectivity index (χ2v) is 2.80. The van der Waals surface area contributed by atoms with Crippen molar-refractivity contribution in [2.75, 3.05) is 13.2 Å². The molecule has 1 fully saturated rings. The van der Waals surface area contributed by atoms with Gasteiger partial charge in [0, 0.05) is 19.2 Å². The second-order valence-electron chi connectivity index (χ2n) is 2.80. The third-order valence-corrected chi connectivity index (χ3v) is 2.06. The molecule has 0 aliphatic carbocycles. The largest absolute Gasteiger partial charge is 0.396 e. The van der Waals surface area contributed by atoms with Gasteiger partial charge in [-0.3, -0.25) is 0 Å². The molecule has 2 unspecified atom stereocenters. The molecule has 2 atom stereocenters. The van der Waals surface area contributed by atoms with Crippen LogP contribution in [0.1, 0.15) is 19.8 Å². The predicted molar refractivity (Wildman–Crippen MR) is 37.3 cm³/mol. The lowest BCUT2D eigenvalue weighted by Crippen LogP contribution is -2.19. The van der Waals surface area contributed by atoms with Gasteiger partial charge in [0.25, 0.3) is 0 Å². The van der Waals surface area contributed by atoms with Gasteiger partial charge in [-0.25, -0.2) is 0 Å². The number of rotatable bonds is 2. The summed E-state index contributed by atoms with van der Waals surface area (Å²) in [5.41, 5.74) is 0. The van der Waals surface area contributed by atoms with Crippen LogP contribution in [0.3, 0.4) is 0 Å². The molecule has 1 saturated heterocycles. The lowest BCUT2D eigenvalue weighted by atomic mass is 10.1. The van der Waals surface area contributed by atoms with Crippen LogP contribution in [0.4, 0.5) is 0 Å². The summed E-state index contributed by atoms with van der Waals surface area (Å²) in [6.45, 7) is 3.54. The minimum Gasteiger partial charge on any atom is -0.396 e. The minimum atomic E-state index is 0.351. The highest BCUT2D eigenvalue weighted by Gasteiger charge is 2.20. The Bertz CT molecular complexity index is 75.0. The highest BCUT2D eigenvalue weighted by atomic mass is 16.3. The van der Waals surface area contributed by atoms with Crippen LogP contribution in [0.2, 0.25) is 0 Å². The van der Waals surface area contributed by atoms with E-state index >= 15 is 0 Å². The zero-order valence-electron chi connectivity index (χ0n) is 5.93. The summed E-state index contributed by atoms with van der Waals surface area (Å²) in [6.07, 6.45) is 2.35. The molecule has 0 bridgehead atoms. The van der Waals surface area contributed by atoms with Crippen LogP contribution in [-0.2, 0) is 0 Å². The Kier molecular flexibility index (Phi) is 2.49. The van der Waals surface area contributed by atoms with Gasteiger partial charge in [0.15, 0.2) is 0 Å². The molecule has 0 aromatic rings. The Morgan fingerprint density at radius 3 is 2.78 bits per heavy atom. The van der Waals surface area contributed by atoms with Gasteiger partial charge in [-0.15, -0.1) is 0 Å². The van der Waals surface area contributed by atoms with Crippen molar-refractivity contribution >= 4 is 0 Å². The van der Waals surface area contributed by atoms with Crippen LogP contribution in [0.25, 0.3) is 0 Å². The lowest BCUT2D eigenvalue weighted by molar-refractivity contribution is 0.235. The van der Waals surface area contributed by atoms with Gasteiger partial charge in [0.05, 0.1) is 0 Å². The maximum Gasteiger partial charge on any atom is 0.0471 e. The number of nitrogens with one attached hydrogen (secondary N) is 1. The van der Waals surface area contributed by atoms with Gasteiger partial charge in [-0.1, -0.05) is 6.92 Å². The van der Waals surface area contributed by atoms with E-state index in [1.807, 2.05) is 0 Å². The van der Waals surface area contributed by atoms with E-state index in [2.05, 4.69) is 12.2 Å². The summed E-state index contributed by atoms with van der Waals surface area (Å²) in [4.78, 5) is 0. The van der Waals surface area contributed by atoms with Gasteiger partial charge in [-0.2, -0.15) is 0 Å². The van der Waals surface area contributed by atoms with Crippen LogP contribution in [-0.4, -0.2) is 24.3 Å². The second kappa shape index (κ2) is 3.18. The summed E-state index contributed by atoms with van der Waals surface area (Å²) in [5.74, 6) is 0.523. The zero-order valence-corrected chi connectivity index (χ0v) is 5.93. The van der Waals surface area contributed by atoms with Crippen molar-refractivity contribution in [2.45, 2.75) is 25.8 Å². The lowest BCUT2D eigenvalue weighted by Gasteiger charge is -2.03. The topological polar surface area (TPSA) is 32.3 Å². The van der Waals surface area contributed by atoms with E-state index in [-0.39, 0.29) is 0 Å². The number of hydrogen-bond donors (Lipinski definition) is 2. The predicted octanol–water partition coefficient (Wildman–Crippen LogP) is 0.367. The normalized spacial score (nSPS) is 35.3. The van der Waals surface area contributed by atoms with Gasteiger partial charge < -0.3 is 10.4 Å². The van der Waals surface area contributed by atoms with E-state index in [4.69, 9.17) is 5.11 Å². The third kappa shape index (κ3) is 1.66. The van der Waals surface area contributed by atoms with E-state index in [0.717, 1.165) is 13.0 Å². The Morgan fingerprint density at radius 2 is 2.44 bits per heavy atom. The Morgan fingerprint density at radius 1 is 1.67 bits per heavy atom. The van der Waals surface area contributed by atoms with Crippen LogP contribution >= 0.6 is 0 Å². The SMILES string of the molecule is CCC1CC(CO)CN1. The monoisotopic (exact) mass is 129 g/mol. The van der Waals surface area contributed by atoms with Gasteiger partial charge >= 0.3 is 0 Å². The van der Waals surface area contributed by atoms with Crippen molar-refractivity contribution in [3.05, 3.63) is 0 Å². The molecular formula is C7H15NO. The highest BCUT2D eigenvalue weighted by molar-refractivity contribution is 4.79. The highest BCUT2D eigenvalue weighted by Crippen LogP contribution is 2.14. The number of hydrogen-bond acceptors (Lipinski definition) is 2. The maximum atomic E-state index is 8.74. The molecule has 2 N–H and O–H groups in total. The summed E-state index contributed by atoms with van der Waals surface area (Å²) >= 11 is 0. The molecule has 2 heteroatoms. The molecule has 0 amide bonds. The first-order valence-corrected chi connectivity index (χ1v) is 3.71. The summed E-state index contributed by atoms with van der Waals surface area (Å²) in [7, 11) is 0. The molecular weight excluding hydrogens is 114 g/mol.